The van der Waals surface area contributed by atoms with E-state index in [4.69, 9.17) is 4.74 Å². The average molecular weight is 393 g/mol. The van der Waals surface area contributed by atoms with Crippen LogP contribution in [0.1, 0.15) is 21.5 Å². The highest BCUT2D eigenvalue weighted by atomic mass is 19.2. The molecule has 0 spiro atoms. The molecule has 1 aromatic heterocycles. The Labute approximate surface area is 157 Å². The molecule has 1 N–H and O–H groups in total. The lowest BCUT2D eigenvalue weighted by atomic mass is 10.1. The van der Waals surface area contributed by atoms with Crippen molar-refractivity contribution in [1.82, 2.24) is 9.78 Å². The van der Waals surface area contributed by atoms with Crippen LogP contribution in [0.15, 0.2) is 36.7 Å². The van der Waals surface area contributed by atoms with Crippen LogP contribution >= 0.6 is 0 Å². The van der Waals surface area contributed by atoms with Crippen molar-refractivity contribution >= 4 is 11.6 Å². The molecule has 0 saturated carbocycles. The molecule has 5 nitrogen and oxygen atoms in total. The fourth-order valence-electron chi connectivity index (χ4n) is 2.71. The maximum absolute atomic E-state index is 13.8. The Morgan fingerprint density at radius 2 is 1.93 bits per heavy atom. The van der Waals surface area contributed by atoms with Gasteiger partial charge in [0.05, 0.1) is 25.5 Å². The van der Waals surface area contributed by atoms with E-state index >= 15 is 0 Å². The van der Waals surface area contributed by atoms with E-state index in [-0.39, 0.29) is 11.8 Å². The van der Waals surface area contributed by atoms with Crippen LogP contribution in [0.2, 0.25) is 0 Å². The van der Waals surface area contributed by atoms with E-state index in [1.54, 1.807) is 25.1 Å². The normalized spacial score (nSPS) is 10.8. The molecule has 9 heteroatoms. The van der Waals surface area contributed by atoms with Gasteiger partial charge in [0.2, 0.25) is 0 Å². The Bertz CT molecular complexity index is 1050. The summed E-state index contributed by atoms with van der Waals surface area (Å²) in [7, 11) is 1.49. The SMILES string of the molecule is COc1cccc(C(=O)Nc2cnn(Cc3c(F)cc(F)c(F)c3F)c2)c1C. The van der Waals surface area contributed by atoms with E-state index < -0.39 is 41.3 Å². The van der Waals surface area contributed by atoms with Gasteiger partial charge >= 0.3 is 0 Å². The van der Waals surface area contributed by atoms with Gasteiger partial charge in [0.25, 0.3) is 5.91 Å². The third kappa shape index (κ3) is 3.68. The van der Waals surface area contributed by atoms with E-state index in [9.17, 15) is 22.4 Å². The Kier molecular flexibility index (Phi) is 5.34. The number of amides is 1. The standard InChI is InChI=1S/C19H15F4N3O2/c1-10-12(4-3-5-16(10)28-2)19(27)25-11-7-24-26(8-11)9-13-14(20)6-15(21)18(23)17(13)22/h3-8H,9H2,1-2H3,(H,25,27). The Balaban J connectivity index is 1.79. The molecule has 1 amide bonds. The van der Waals surface area contributed by atoms with Gasteiger partial charge in [0.1, 0.15) is 11.6 Å². The number of halogens is 4. The number of carbonyl (C=O) groups excluding carboxylic acids is 1. The lowest BCUT2D eigenvalue weighted by molar-refractivity contribution is 0.102. The molecule has 0 bridgehead atoms. The highest BCUT2D eigenvalue weighted by molar-refractivity contribution is 6.05. The number of nitrogens with one attached hydrogen (secondary N) is 1. The lowest BCUT2D eigenvalue weighted by Crippen LogP contribution is -2.13. The number of carbonyl (C=O) groups is 1. The summed E-state index contributed by atoms with van der Waals surface area (Å²) >= 11 is 0. The molecule has 0 atom stereocenters. The number of ether oxygens (including phenoxy) is 1. The quantitative estimate of drug-likeness (QED) is 0.404. The predicted octanol–water partition coefficient (Wildman–Crippen LogP) is 4.06. The topological polar surface area (TPSA) is 56.1 Å². The van der Waals surface area contributed by atoms with E-state index in [1.165, 1.54) is 19.5 Å². The van der Waals surface area contributed by atoms with Gasteiger partial charge in [-0.05, 0) is 19.1 Å². The monoisotopic (exact) mass is 393 g/mol. The minimum atomic E-state index is -1.76. The molecule has 2 aromatic carbocycles. The van der Waals surface area contributed by atoms with Crippen molar-refractivity contribution in [3.05, 3.63) is 76.6 Å². The van der Waals surface area contributed by atoms with E-state index in [0.29, 0.717) is 16.9 Å². The number of hydrogen-bond acceptors (Lipinski definition) is 3. The van der Waals surface area contributed by atoms with Crippen molar-refractivity contribution in [1.29, 1.82) is 0 Å². The zero-order valence-corrected chi connectivity index (χ0v) is 14.9. The van der Waals surface area contributed by atoms with Crippen LogP contribution in [0.5, 0.6) is 5.75 Å². The maximum atomic E-state index is 13.8. The van der Waals surface area contributed by atoms with Gasteiger partial charge in [-0.1, -0.05) is 6.07 Å². The van der Waals surface area contributed by atoms with Gasteiger partial charge in [-0.2, -0.15) is 5.10 Å². The second-order valence-corrected chi connectivity index (χ2v) is 5.96. The van der Waals surface area contributed by atoms with Gasteiger partial charge in [0.15, 0.2) is 17.5 Å². The van der Waals surface area contributed by atoms with Crippen molar-refractivity contribution < 1.29 is 27.1 Å². The number of anilines is 1. The molecule has 0 radical (unpaired) electrons. The number of hydrogen-bond donors (Lipinski definition) is 1. The summed E-state index contributed by atoms with van der Waals surface area (Å²) in [6, 6.07) is 5.27. The molecule has 0 aliphatic heterocycles. The summed E-state index contributed by atoms with van der Waals surface area (Å²) in [4.78, 5) is 12.4. The van der Waals surface area contributed by atoms with Crippen LogP contribution in [0.25, 0.3) is 0 Å². The van der Waals surface area contributed by atoms with Gasteiger partial charge < -0.3 is 10.1 Å². The number of nitrogens with zero attached hydrogens (tertiary/aromatic N) is 2. The largest absolute Gasteiger partial charge is 0.496 e. The highest BCUT2D eigenvalue weighted by Crippen LogP contribution is 2.23. The third-order valence-corrected chi connectivity index (χ3v) is 4.17. The molecule has 0 saturated heterocycles. The minimum absolute atomic E-state index is 0.260. The van der Waals surface area contributed by atoms with Gasteiger partial charge in [0, 0.05) is 29.0 Å². The number of benzene rings is 2. The van der Waals surface area contributed by atoms with Crippen molar-refractivity contribution in [3.63, 3.8) is 0 Å². The summed E-state index contributed by atoms with van der Waals surface area (Å²) in [6.45, 7) is 1.24. The van der Waals surface area contributed by atoms with Crippen molar-refractivity contribution in [3.8, 4) is 5.75 Å². The zero-order chi connectivity index (χ0) is 20.4. The third-order valence-electron chi connectivity index (χ3n) is 4.17. The number of methoxy groups -OCH3 is 1. The minimum Gasteiger partial charge on any atom is -0.496 e. The van der Waals surface area contributed by atoms with Crippen LogP contribution in [-0.2, 0) is 6.54 Å². The average Bonchev–Trinajstić information content (AvgIpc) is 3.10. The summed E-state index contributed by atoms with van der Waals surface area (Å²) in [6.07, 6.45) is 2.58. The summed E-state index contributed by atoms with van der Waals surface area (Å²) in [5.41, 5.74) is 0.602. The van der Waals surface area contributed by atoms with Crippen LogP contribution in [0.4, 0.5) is 23.2 Å². The van der Waals surface area contributed by atoms with Gasteiger partial charge in [-0.3, -0.25) is 9.48 Å². The smallest absolute Gasteiger partial charge is 0.256 e. The summed E-state index contributed by atoms with van der Waals surface area (Å²) in [5, 5.41) is 6.48. The number of aromatic nitrogens is 2. The Morgan fingerprint density at radius 1 is 1.18 bits per heavy atom. The summed E-state index contributed by atoms with van der Waals surface area (Å²) < 4.78 is 60.2. The molecule has 3 rings (SSSR count). The lowest BCUT2D eigenvalue weighted by Gasteiger charge is -2.09. The van der Waals surface area contributed by atoms with Crippen molar-refractivity contribution in [2.75, 3.05) is 12.4 Å². The first-order valence-corrected chi connectivity index (χ1v) is 8.11. The molecule has 0 aliphatic carbocycles. The Hall–Kier alpha value is -3.36. The fraction of sp³-hybridized carbons (Fsp3) is 0.158. The van der Waals surface area contributed by atoms with E-state index in [0.717, 1.165) is 4.68 Å². The van der Waals surface area contributed by atoms with Crippen molar-refractivity contribution in [2.45, 2.75) is 13.5 Å². The summed E-state index contributed by atoms with van der Waals surface area (Å²) in [5.74, 6) is -6.10. The molecular formula is C19H15F4N3O2. The molecule has 146 valence electrons. The van der Waals surface area contributed by atoms with Crippen LogP contribution in [0.3, 0.4) is 0 Å². The van der Waals surface area contributed by atoms with Crippen LogP contribution in [-0.4, -0.2) is 22.8 Å². The molecular weight excluding hydrogens is 378 g/mol. The second kappa shape index (κ2) is 7.71. The first-order valence-electron chi connectivity index (χ1n) is 8.11. The zero-order valence-electron chi connectivity index (χ0n) is 14.9. The fourth-order valence-corrected chi connectivity index (χ4v) is 2.71. The molecule has 1 heterocycles. The molecule has 3 aromatic rings. The van der Waals surface area contributed by atoms with Gasteiger partial charge in [-0.15, -0.1) is 0 Å². The van der Waals surface area contributed by atoms with E-state index in [2.05, 4.69) is 10.4 Å². The van der Waals surface area contributed by atoms with E-state index in [1.807, 2.05) is 0 Å². The molecule has 0 aliphatic rings. The highest BCUT2D eigenvalue weighted by Gasteiger charge is 2.20. The molecule has 28 heavy (non-hydrogen) atoms. The predicted molar refractivity (Wildman–Crippen MR) is 93.3 cm³/mol. The molecule has 0 unspecified atom stereocenters. The van der Waals surface area contributed by atoms with Gasteiger partial charge in [-0.25, -0.2) is 17.6 Å². The first kappa shape index (κ1) is 19.4. The first-order chi connectivity index (χ1) is 13.3. The second-order valence-electron chi connectivity index (χ2n) is 5.96. The van der Waals surface area contributed by atoms with Crippen LogP contribution < -0.4 is 10.1 Å². The number of rotatable bonds is 5. The van der Waals surface area contributed by atoms with Crippen LogP contribution in [0, 0.1) is 30.2 Å². The Morgan fingerprint density at radius 3 is 2.64 bits per heavy atom. The van der Waals surface area contributed by atoms with Crippen molar-refractivity contribution in [2.24, 2.45) is 0 Å². The maximum Gasteiger partial charge on any atom is 0.256 e. The molecule has 0 fully saturated rings.